The third-order valence-corrected chi connectivity index (χ3v) is 3.13. The minimum Gasteiger partial charge on any atom is -0.489 e. The average Bonchev–Trinajstić information content (AvgIpc) is 2.53. The Labute approximate surface area is 128 Å². The molecule has 4 nitrogen and oxygen atoms in total. The van der Waals surface area contributed by atoms with Crippen molar-refractivity contribution in [3.05, 3.63) is 65.2 Å². The summed E-state index contributed by atoms with van der Waals surface area (Å²) in [5, 5.41) is 0. The topological polar surface area (TPSA) is 61.5 Å². The van der Waals surface area contributed by atoms with Crippen molar-refractivity contribution in [2.75, 3.05) is 7.11 Å². The Morgan fingerprint density at radius 2 is 1.86 bits per heavy atom. The maximum atomic E-state index is 11.3. The first-order chi connectivity index (χ1) is 10.1. The number of hydrogen-bond acceptors (Lipinski definition) is 4. The van der Waals surface area contributed by atoms with Crippen LogP contribution in [-0.4, -0.2) is 18.1 Å². The molecule has 0 aromatic heterocycles. The van der Waals surface area contributed by atoms with Gasteiger partial charge in [0.05, 0.1) is 12.7 Å². The van der Waals surface area contributed by atoms with E-state index in [4.69, 9.17) is 22.7 Å². The van der Waals surface area contributed by atoms with Crippen molar-refractivity contribution in [3.8, 4) is 5.75 Å². The van der Waals surface area contributed by atoms with Gasteiger partial charge in [-0.05, 0) is 29.8 Å². The predicted octanol–water partition coefficient (Wildman–Crippen LogP) is 2.69. The van der Waals surface area contributed by atoms with Gasteiger partial charge in [-0.2, -0.15) is 0 Å². The lowest BCUT2D eigenvalue weighted by Crippen LogP contribution is -2.09. The van der Waals surface area contributed by atoms with E-state index < -0.39 is 0 Å². The summed E-state index contributed by atoms with van der Waals surface area (Å²) in [7, 11) is 1.36. The summed E-state index contributed by atoms with van der Waals surface area (Å²) in [5.41, 5.74) is 7.81. The largest absolute Gasteiger partial charge is 0.489 e. The number of thiocarbonyl (C=S) groups is 1. The zero-order valence-electron chi connectivity index (χ0n) is 11.5. The molecule has 0 spiro atoms. The predicted molar refractivity (Wildman–Crippen MR) is 84.4 cm³/mol. The van der Waals surface area contributed by atoms with E-state index in [1.54, 1.807) is 18.2 Å². The highest BCUT2D eigenvalue weighted by atomic mass is 32.1. The quantitative estimate of drug-likeness (QED) is 0.679. The third kappa shape index (κ3) is 4.03. The smallest absolute Gasteiger partial charge is 0.337 e. The van der Waals surface area contributed by atoms with Gasteiger partial charge in [-0.1, -0.05) is 36.5 Å². The zero-order chi connectivity index (χ0) is 15.2. The maximum absolute atomic E-state index is 11.3. The summed E-state index contributed by atoms with van der Waals surface area (Å²) in [6.45, 7) is 0.391. The van der Waals surface area contributed by atoms with Crippen LogP contribution in [0.15, 0.2) is 48.5 Å². The fourth-order valence-corrected chi connectivity index (χ4v) is 1.89. The molecule has 0 heterocycles. The van der Waals surface area contributed by atoms with Gasteiger partial charge >= 0.3 is 5.97 Å². The molecule has 0 saturated heterocycles. The second-order valence-corrected chi connectivity index (χ2v) is 4.81. The summed E-state index contributed by atoms with van der Waals surface area (Å²) in [6, 6.07) is 14.4. The lowest BCUT2D eigenvalue weighted by atomic mass is 10.1. The Morgan fingerprint density at radius 3 is 2.48 bits per heavy atom. The molecule has 0 bridgehead atoms. The summed E-state index contributed by atoms with van der Waals surface area (Å²) in [6.07, 6.45) is 0. The molecular formula is C16H15NO3S. The van der Waals surface area contributed by atoms with Crippen molar-refractivity contribution in [1.29, 1.82) is 0 Å². The molecule has 0 aliphatic carbocycles. The van der Waals surface area contributed by atoms with Gasteiger partial charge in [0.2, 0.25) is 0 Å². The number of methoxy groups -OCH3 is 1. The van der Waals surface area contributed by atoms with E-state index >= 15 is 0 Å². The molecule has 0 atom stereocenters. The SMILES string of the molecule is COC(=O)c1ccc(COc2cccc(C(N)=S)c2)cc1. The number of nitrogens with two attached hydrogens (primary N) is 1. The van der Waals surface area contributed by atoms with Crippen LogP contribution in [0.4, 0.5) is 0 Å². The summed E-state index contributed by atoms with van der Waals surface area (Å²) >= 11 is 4.93. The summed E-state index contributed by atoms with van der Waals surface area (Å²) in [5.74, 6) is 0.337. The van der Waals surface area contributed by atoms with Crippen molar-refractivity contribution in [2.24, 2.45) is 5.73 Å². The number of ether oxygens (including phenoxy) is 2. The van der Waals surface area contributed by atoms with Crippen LogP contribution in [0.2, 0.25) is 0 Å². The Bertz CT molecular complexity index is 653. The van der Waals surface area contributed by atoms with Crippen molar-refractivity contribution < 1.29 is 14.3 Å². The van der Waals surface area contributed by atoms with Gasteiger partial charge in [0.15, 0.2) is 0 Å². The molecule has 108 valence electrons. The van der Waals surface area contributed by atoms with Crippen LogP contribution in [0.3, 0.4) is 0 Å². The van der Waals surface area contributed by atoms with Crippen LogP contribution in [0.25, 0.3) is 0 Å². The minimum absolute atomic E-state index is 0.336. The van der Waals surface area contributed by atoms with Crippen LogP contribution in [0.5, 0.6) is 5.75 Å². The Kier molecular flexibility index (Phi) is 4.90. The summed E-state index contributed by atoms with van der Waals surface area (Å²) in [4.78, 5) is 11.7. The fraction of sp³-hybridized carbons (Fsp3) is 0.125. The van der Waals surface area contributed by atoms with E-state index in [2.05, 4.69) is 4.74 Å². The average molecular weight is 301 g/mol. The van der Waals surface area contributed by atoms with Gasteiger partial charge in [0.1, 0.15) is 17.3 Å². The molecule has 0 fully saturated rings. The number of carbonyl (C=O) groups is 1. The van der Waals surface area contributed by atoms with Crippen LogP contribution in [0.1, 0.15) is 21.5 Å². The van der Waals surface area contributed by atoms with Crippen LogP contribution >= 0.6 is 12.2 Å². The Morgan fingerprint density at radius 1 is 1.14 bits per heavy atom. The van der Waals surface area contributed by atoms with E-state index in [-0.39, 0.29) is 5.97 Å². The van der Waals surface area contributed by atoms with Crippen molar-refractivity contribution in [3.63, 3.8) is 0 Å². The second-order valence-electron chi connectivity index (χ2n) is 4.37. The van der Waals surface area contributed by atoms with Gasteiger partial charge < -0.3 is 15.2 Å². The first kappa shape index (κ1) is 15.0. The number of rotatable bonds is 5. The molecule has 0 unspecified atom stereocenters. The van der Waals surface area contributed by atoms with E-state index in [1.165, 1.54) is 7.11 Å². The van der Waals surface area contributed by atoms with Crippen molar-refractivity contribution in [2.45, 2.75) is 6.61 Å². The second kappa shape index (κ2) is 6.85. The first-order valence-electron chi connectivity index (χ1n) is 6.30. The Hall–Kier alpha value is -2.40. The normalized spacial score (nSPS) is 9.95. The maximum Gasteiger partial charge on any atom is 0.337 e. The monoisotopic (exact) mass is 301 g/mol. The molecule has 5 heteroatoms. The molecule has 0 aliphatic rings. The number of hydrogen-bond donors (Lipinski definition) is 1. The molecule has 0 aliphatic heterocycles. The molecule has 2 N–H and O–H groups in total. The van der Waals surface area contributed by atoms with Gasteiger partial charge in [-0.3, -0.25) is 0 Å². The van der Waals surface area contributed by atoms with Gasteiger partial charge in [-0.25, -0.2) is 4.79 Å². The number of carbonyl (C=O) groups excluding carboxylic acids is 1. The molecular weight excluding hydrogens is 286 g/mol. The van der Waals surface area contributed by atoms with Gasteiger partial charge in [-0.15, -0.1) is 0 Å². The molecule has 21 heavy (non-hydrogen) atoms. The molecule has 2 rings (SSSR count). The molecule has 0 saturated carbocycles. The first-order valence-corrected chi connectivity index (χ1v) is 6.71. The van der Waals surface area contributed by atoms with Crippen molar-refractivity contribution in [1.82, 2.24) is 0 Å². The highest BCUT2D eigenvalue weighted by Crippen LogP contribution is 2.15. The lowest BCUT2D eigenvalue weighted by molar-refractivity contribution is 0.0600. The highest BCUT2D eigenvalue weighted by Gasteiger charge is 2.05. The lowest BCUT2D eigenvalue weighted by Gasteiger charge is -2.08. The van der Waals surface area contributed by atoms with Crippen LogP contribution in [0, 0.1) is 0 Å². The molecule has 0 amide bonds. The fourth-order valence-electron chi connectivity index (χ4n) is 1.76. The van der Waals surface area contributed by atoms with E-state index in [0.29, 0.717) is 22.9 Å². The molecule has 2 aromatic rings. The van der Waals surface area contributed by atoms with Gasteiger partial charge in [0.25, 0.3) is 0 Å². The summed E-state index contributed by atoms with van der Waals surface area (Å²) < 4.78 is 10.3. The standard InChI is InChI=1S/C16H15NO3S/c1-19-16(18)12-7-5-11(6-8-12)10-20-14-4-2-3-13(9-14)15(17)21/h2-9H,10H2,1H3,(H2,17,21). The Balaban J connectivity index is 2.01. The molecule has 2 aromatic carbocycles. The van der Waals surface area contributed by atoms with Gasteiger partial charge in [0, 0.05) is 5.56 Å². The molecule has 0 radical (unpaired) electrons. The van der Waals surface area contributed by atoms with Crippen LogP contribution in [-0.2, 0) is 11.3 Å². The van der Waals surface area contributed by atoms with E-state index in [9.17, 15) is 4.79 Å². The van der Waals surface area contributed by atoms with Crippen LogP contribution < -0.4 is 10.5 Å². The van der Waals surface area contributed by atoms with E-state index in [1.807, 2.05) is 30.3 Å². The van der Waals surface area contributed by atoms with Crippen molar-refractivity contribution >= 4 is 23.2 Å². The number of esters is 1. The highest BCUT2D eigenvalue weighted by molar-refractivity contribution is 7.80. The van der Waals surface area contributed by atoms with E-state index in [0.717, 1.165) is 11.1 Å². The third-order valence-electron chi connectivity index (χ3n) is 2.90. The minimum atomic E-state index is -0.355. The number of benzene rings is 2. The zero-order valence-corrected chi connectivity index (χ0v) is 12.4.